The first kappa shape index (κ1) is 22.9. The molecule has 0 radical (unpaired) electrons. The van der Waals surface area contributed by atoms with Crippen LogP contribution in [-0.4, -0.2) is 59.5 Å². The Labute approximate surface area is 185 Å². The molecule has 31 heavy (non-hydrogen) atoms. The zero-order valence-electron chi connectivity index (χ0n) is 18.1. The Bertz CT molecular complexity index is 904. The zero-order chi connectivity index (χ0) is 22.2. The maximum atomic E-state index is 12.6. The van der Waals surface area contributed by atoms with Crippen molar-refractivity contribution in [2.24, 2.45) is 0 Å². The molecule has 1 atom stereocenters. The smallest absolute Gasteiger partial charge is 0.277 e. The molecule has 1 unspecified atom stereocenters. The van der Waals surface area contributed by atoms with Crippen molar-refractivity contribution >= 4 is 23.6 Å². The van der Waals surface area contributed by atoms with E-state index in [0.717, 1.165) is 25.8 Å². The lowest BCUT2D eigenvalue weighted by Gasteiger charge is -2.35. The van der Waals surface area contributed by atoms with Crippen LogP contribution < -0.4 is 14.8 Å². The first-order valence-corrected chi connectivity index (χ1v) is 11.3. The Morgan fingerprint density at radius 3 is 2.77 bits per heavy atom. The number of ether oxygens (including phenoxy) is 2. The molecule has 0 aliphatic carbocycles. The molecule has 1 aliphatic heterocycles. The van der Waals surface area contributed by atoms with Gasteiger partial charge >= 0.3 is 0 Å². The highest BCUT2D eigenvalue weighted by Gasteiger charge is 2.25. The number of nitrogens with zero attached hydrogens (tertiary/aromatic N) is 3. The van der Waals surface area contributed by atoms with Crippen LogP contribution >= 0.6 is 11.8 Å². The van der Waals surface area contributed by atoms with E-state index in [9.17, 15) is 9.59 Å². The Kier molecular flexibility index (Phi) is 8.16. The van der Waals surface area contributed by atoms with E-state index in [1.807, 2.05) is 4.90 Å². The lowest BCUT2D eigenvalue weighted by molar-refractivity contribution is -0.132. The fourth-order valence-electron chi connectivity index (χ4n) is 3.56. The van der Waals surface area contributed by atoms with Crippen LogP contribution in [0.1, 0.15) is 48.9 Å². The molecule has 2 aromatic rings. The molecule has 0 spiro atoms. The third-order valence-electron chi connectivity index (χ3n) is 5.23. The molecule has 9 nitrogen and oxygen atoms in total. The maximum absolute atomic E-state index is 12.6. The van der Waals surface area contributed by atoms with Crippen molar-refractivity contribution in [1.82, 2.24) is 20.4 Å². The SMILES string of the molecule is CCC1CCCCN1C(=O)CSc1nnc(CNC(=O)c2ccc(OC)c(OC)c2)o1. The van der Waals surface area contributed by atoms with Gasteiger partial charge in [0.05, 0.1) is 26.5 Å². The van der Waals surface area contributed by atoms with Crippen LogP contribution in [0.4, 0.5) is 0 Å². The van der Waals surface area contributed by atoms with Gasteiger partial charge in [-0.25, -0.2) is 0 Å². The second-order valence-electron chi connectivity index (χ2n) is 7.15. The van der Waals surface area contributed by atoms with Gasteiger partial charge in [0.25, 0.3) is 11.1 Å². The molecule has 1 aromatic heterocycles. The third kappa shape index (κ3) is 5.90. The number of rotatable bonds is 9. The lowest BCUT2D eigenvalue weighted by atomic mass is 10.0. The Morgan fingerprint density at radius 2 is 2.03 bits per heavy atom. The number of hydrogen-bond acceptors (Lipinski definition) is 8. The minimum Gasteiger partial charge on any atom is -0.493 e. The molecular formula is C21H28N4O5S. The summed E-state index contributed by atoms with van der Waals surface area (Å²) in [6, 6.07) is 5.23. The number of benzene rings is 1. The molecule has 10 heteroatoms. The summed E-state index contributed by atoms with van der Waals surface area (Å²) in [5, 5.41) is 10.9. The van der Waals surface area contributed by atoms with Gasteiger partial charge in [-0.2, -0.15) is 0 Å². The highest BCUT2D eigenvalue weighted by molar-refractivity contribution is 7.99. The van der Waals surface area contributed by atoms with E-state index in [-0.39, 0.29) is 30.0 Å². The Balaban J connectivity index is 1.50. The zero-order valence-corrected chi connectivity index (χ0v) is 18.9. The molecule has 0 saturated carbocycles. The van der Waals surface area contributed by atoms with Crippen molar-refractivity contribution < 1.29 is 23.5 Å². The van der Waals surface area contributed by atoms with Crippen molar-refractivity contribution in [3.63, 3.8) is 0 Å². The van der Waals surface area contributed by atoms with Gasteiger partial charge in [0.15, 0.2) is 11.5 Å². The van der Waals surface area contributed by atoms with Crippen molar-refractivity contribution in [2.45, 2.75) is 50.4 Å². The fraction of sp³-hybridized carbons (Fsp3) is 0.524. The standard InChI is InChI=1S/C21H28N4O5S/c1-4-15-7-5-6-10-25(15)19(26)13-31-21-24-23-18(30-21)12-22-20(27)14-8-9-16(28-2)17(11-14)29-3/h8-9,11,15H,4-7,10,12-13H2,1-3H3,(H,22,27). The van der Waals surface area contributed by atoms with Crippen LogP contribution in [0.3, 0.4) is 0 Å². The van der Waals surface area contributed by atoms with Crippen molar-refractivity contribution in [3.05, 3.63) is 29.7 Å². The molecule has 1 saturated heterocycles. The minimum absolute atomic E-state index is 0.0821. The molecule has 2 heterocycles. The number of nitrogens with one attached hydrogen (secondary N) is 1. The molecule has 1 aliphatic rings. The summed E-state index contributed by atoms with van der Waals surface area (Å²) < 4.78 is 15.9. The number of likely N-dealkylation sites (tertiary alicyclic amines) is 1. The number of aromatic nitrogens is 2. The van der Waals surface area contributed by atoms with E-state index in [1.165, 1.54) is 32.4 Å². The first-order valence-electron chi connectivity index (χ1n) is 10.3. The van der Waals surface area contributed by atoms with E-state index in [0.29, 0.717) is 28.3 Å². The first-order chi connectivity index (χ1) is 15.0. The van der Waals surface area contributed by atoms with Gasteiger partial charge in [0.1, 0.15) is 0 Å². The molecule has 168 valence electrons. The van der Waals surface area contributed by atoms with E-state index in [4.69, 9.17) is 13.9 Å². The predicted molar refractivity (Wildman–Crippen MR) is 115 cm³/mol. The summed E-state index contributed by atoms with van der Waals surface area (Å²) in [4.78, 5) is 26.9. The number of thioether (sulfide) groups is 1. The highest BCUT2D eigenvalue weighted by atomic mass is 32.2. The maximum Gasteiger partial charge on any atom is 0.277 e. The summed E-state index contributed by atoms with van der Waals surface area (Å²) in [5.41, 5.74) is 0.421. The number of amides is 2. The summed E-state index contributed by atoms with van der Waals surface area (Å²) >= 11 is 1.22. The second kappa shape index (κ2) is 11.0. The van der Waals surface area contributed by atoms with Gasteiger partial charge in [0, 0.05) is 18.2 Å². The molecule has 1 fully saturated rings. The van der Waals surface area contributed by atoms with Crippen LogP contribution in [0, 0.1) is 0 Å². The summed E-state index contributed by atoms with van der Waals surface area (Å²) in [6.07, 6.45) is 4.27. The average Bonchev–Trinajstić information content (AvgIpc) is 3.28. The van der Waals surface area contributed by atoms with Gasteiger partial charge in [-0.1, -0.05) is 18.7 Å². The van der Waals surface area contributed by atoms with Gasteiger partial charge in [-0.05, 0) is 43.9 Å². The van der Waals surface area contributed by atoms with Gasteiger partial charge in [-0.3, -0.25) is 9.59 Å². The van der Waals surface area contributed by atoms with Gasteiger partial charge < -0.3 is 24.1 Å². The number of carbonyl (C=O) groups is 2. The van der Waals surface area contributed by atoms with Crippen LogP contribution in [0.5, 0.6) is 11.5 Å². The number of carbonyl (C=O) groups excluding carboxylic acids is 2. The molecule has 2 amide bonds. The number of methoxy groups -OCH3 is 2. The van der Waals surface area contributed by atoms with Crippen LogP contribution in [-0.2, 0) is 11.3 Å². The molecule has 3 rings (SSSR count). The fourth-order valence-corrected chi connectivity index (χ4v) is 4.23. The summed E-state index contributed by atoms with van der Waals surface area (Å²) in [7, 11) is 3.04. The van der Waals surface area contributed by atoms with Crippen LogP contribution in [0.15, 0.2) is 27.8 Å². The predicted octanol–water partition coefficient (Wildman–Crippen LogP) is 2.90. The van der Waals surface area contributed by atoms with E-state index in [1.54, 1.807) is 18.2 Å². The molecule has 0 bridgehead atoms. The van der Waals surface area contributed by atoms with E-state index >= 15 is 0 Å². The van der Waals surface area contributed by atoms with E-state index in [2.05, 4.69) is 22.4 Å². The monoisotopic (exact) mass is 448 g/mol. The number of hydrogen-bond donors (Lipinski definition) is 1. The number of piperidine rings is 1. The summed E-state index contributed by atoms with van der Waals surface area (Å²) in [6.45, 7) is 3.01. The van der Waals surface area contributed by atoms with Crippen molar-refractivity contribution in [2.75, 3.05) is 26.5 Å². The second-order valence-corrected chi connectivity index (χ2v) is 8.07. The highest BCUT2D eigenvalue weighted by Crippen LogP contribution is 2.27. The minimum atomic E-state index is -0.306. The van der Waals surface area contributed by atoms with E-state index < -0.39 is 0 Å². The third-order valence-corrected chi connectivity index (χ3v) is 6.04. The Morgan fingerprint density at radius 1 is 1.23 bits per heavy atom. The van der Waals surface area contributed by atoms with Gasteiger partial charge in [-0.15, -0.1) is 10.2 Å². The van der Waals surface area contributed by atoms with Crippen LogP contribution in [0.25, 0.3) is 0 Å². The molecule has 1 N–H and O–H groups in total. The topological polar surface area (TPSA) is 107 Å². The summed E-state index contributed by atoms with van der Waals surface area (Å²) in [5.74, 6) is 1.33. The normalized spacial score (nSPS) is 16.1. The van der Waals surface area contributed by atoms with Crippen molar-refractivity contribution in [1.29, 1.82) is 0 Å². The average molecular weight is 449 g/mol. The Hall–Kier alpha value is -2.75. The quantitative estimate of drug-likeness (QED) is 0.584. The lowest BCUT2D eigenvalue weighted by Crippen LogP contribution is -2.44. The van der Waals surface area contributed by atoms with Crippen molar-refractivity contribution in [3.8, 4) is 11.5 Å². The molecular weight excluding hydrogens is 420 g/mol. The van der Waals surface area contributed by atoms with Gasteiger partial charge in [0.2, 0.25) is 11.8 Å². The largest absolute Gasteiger partial charge is 0.493 e. The van der Waals surface area contributed by atoms with Crippen LogP contribution in [0.2, 0.25) is 0 Å². The molecule has 1 aromatic carbocycles.